The SMILES string of the molecule is O=C(O)C1CNCC12CCCC2.[C-]#CC. The molecule has 3 nitrogen and oxygen atoms in total. The molecule has 1 unspecified atom stereocenters. The van der Waals surface area contributed by atoms with Crippen molar-refractivity contribution in [1.82, 2.24) is 5.32 Å². The zero-order valence-electron chi connectivity index (χ0n) is 9.18. The predicted octanol–water partition coefficient (Wildman–Crippen LogP) is 1.45. The van der Waals surface area contributed by atoms with Crippen LogP contribution in [0.15, 0.2) is 0 Å². The molecule has 0 bridgehead atoms. The lowest BCUT2D eigenvalue weighted by molar-refractivity contribution is -0.144. The van der Waals surface area contributed by atoms with Gasteiger partial charge in [0.15, 0.2) is 0 Å². The van der Waals surface area contributed by atoms with Crippen molar-refractivity contribution in [3.8, 4) is 5.92 Å². The average Bonchev–Trinajstić information content (AvgIpc) is 2.78. The average molecular weight is 208 g/mol. The van der Waals surface area contributed by atoms with Gasteiger partial charge in [-0.1, -0.05) is 12.8 Å². The maximum atomic E-state index is 10.9. The molecule has 1 spiro atoms. The number of carbonyl (C=O) groups is 1. The second kappa shape index (κ2) is 5.18. The van der Waals surface area contributed by atoms with E-state index in [1.54, 1.807) is 6.92 Å². The fourth-order valence-corrected chi connectivity index (χ4v) is 2.76. The van der Waals surface area contributed by atoms with E-state index < -0.39 is 5.97 Å². The van der Waals surface area contributed by atoms with E-state index in [9.17, 15) is 4.79 Å². The molecule has 3 heteroatoms. The Morgan fingerprint density at radius 3 is 2.53 bits per heavy atom. The van der Waals surface area contributed by atoms with Crippen molar-refractivity contribution in [2.75, 3.05) is 13.1 Å². The first-order chi connectivity index (χ1) is 7.16. The molecule has 1 aliphatic heterocycles. The van der Waals surface area contributed by atoms with E-state index >= 15 is 0 Å². The summed E-state index contributed by atoms with van der Waals surface area (Å²) in [5.74, 6) is 1.27. The van der Waals surface area contributed by atoms with Crippen LogP contribution in [0.25, 0.3) is 0 Å². The van der Waals surface area contributed by atoms with Gasteiger partial charge in [-0.2, -0.15) is 0 Å². The second-order valence-corrected chi connectivity index (χ2v) is 4.34. The molecule has 0 aromatic heterocycles. The summed E-state index contributed by atoms with van der Waals surface area (Å²) in [5.41, 5.74) is 0.117. The van der Waals surface area contributed by atoms with E-state index in [0.717, 1.165) is 19.4 Å². The van der Waals surface area contributed by atoms with Crippen LogP contribution < -0.4 is 5.32 Å². The molecule has 2 rings (SSSR count). The number of hydrogen-bond donors (Lipinski definition) is 2. The van der Waals surface area contributed by atoms with Gasteiger partial charge in [0.2, 0.25) is 0 Å². The Morgan fingerprint density at radius 2 is 2.07 bits per heavy atom. The molecule has 2 aliphatic rings. The highest BCUT2D eigenvalue weighted by atomic mass is 16.4. The summed E-state index contributed by atoms with van der Waals surface area (Å²) in [6.45, 7) is 3.14. The normalized spacial score (nSPS) is 26.8. The zero-order valence-corrected chi connectivity index (χ0v) is 9.18. The van der Waals surface area contributed by atoms with Crippen molar-refractivity contribution in [2.45, 2.75) is 32.6 Å². The van der Waals surface area contributed by atoms with Gasteiger partial charge in [0.1, 0.15) is 0 Å². The number of carboxylic acids is 1. The third-order valence-corrected chi connectivity index (χ3v) is 3.46. The van der Waals surface area contributed by atoms with Gasteiger partial charge in [-0.3, -0.25) is 4.79 Å². The first-order valence-electron chi connectivity index (χ1n) is 5.43. The Kier molecular flexibility index (Phi) is 4.16. The molecular weight excluding hydrogens is 190 g/mol. The molecule has 1 heterocycles. The molecule has 1 saturated carbocycles. The summed E-state index contributed by atoms with van der Waals surface area (Å²) in [5, 5.41) is 12.2. The molecule has 1 saturated heterocycles. The summed E-state index contributed by atoms with van der Waals surface area (Å²) in [7, 11) is 0. The first kappa shape index (κ1) is 12.1. The molecule has 0 radical (unpaired) electrons. The highest BCUT2D eigenvalue weighted by molar-refractivity contribution is 5.72. The molecule has 84 valence electrons. The third kappa shape index (κ3) is 2.51. The minimum Gasteiger partial charge on any atom is -0.694 e. The smallest absolute Gasteiger partial charge is 0.308 e. The molecule has 2 fully saturated rings. The van der Waals surface area contributed by atoms with Gasteiger partial charge in [0.25, 0.3) is 0 Å². The molecule has 0 amide bonds. The number of carboxylic acid groups (broad SMARTS) is 1. The molecule has 1 atom stereocenters. The largest absolute Gasteiger partial charge is 0.694 e. The van der Waals surface area contributed by atoms with Crippen molar-refractivity contribution < 1.29 is 9.90 Å². The lowest BCUT2D eigenvalue weighted by atomic mass is 9.77. The fourth-order valence-electron chi connectivity index (χ4n) is 2.76. The van der Waals surface area contributed by atoms with Gasteiger partial charge in [-0.05, 0) is 25.2 Å². The molecule has 1 aliphatic carbocycles. The van der Waals surface area contributed by atoms with Crippen LogP contribution >= 0.6 is 0 Å². The Labute approximate surface area is 91.3 Å². The number of rotatable bonds is 1. The predicted molar refractivity (Wildman–Crippen MR) is 57.7 cm³/mol. The summed E-state index contributed by atoms with van der Waals surface area (Å²) >= 11 is 0. The van der Waals surface area contributed by atoms with Crippen LogP contribution in [-0.2, 0) is 4.79 Å². The standard InChI is InChI=1S/C9H15NO2.C3H3/c11-8(12)7-5-10-6-9(7)3-1-2-4-9;1-3-2/h7,10H,1-6H2,(H,11,12);1H3/q;-1. The van der Waals surface area contributed by atoms with Gasteiger partial charge in [0, 0.05) is 13.1 Å². The molecule has 15 heavy (non-hydrogen) atoms. The summed E-state index contributed by atoms with van der Waals surface area (Å²) in [6, 6.07) is 0. The van der Waals surface area contributed by atoms with Crippen LogP contribution in [0.4, 0.5) is 0 Å². The Balaban J connectivity index is 0.000000337. The van der Waals surface area contributed by atoms with Crippen LogP contribution in [0.3, 0.4) is 0 Å². The summed E-state index contributed by atoms with van der Waals surface area (Å²) in [4.78, 5) is 10.9. The molecule has 2 N–H and O–H groups in total. The van der Waals surface area contributed by atoms with E-state index in [0.29, 0.717) is 6.54 Å². The van der Waals surface area contributed by atoms with Crippen molar-refractivity contribution >= 4 is 5.97 Å². The third-order valence-electron chi connectivity index (χ3n) is 3.46. The van der Waals surface area contributed by atoms with Gasteiger partial charge in [-0.25, -0.2) is 0 Å². The lowest BCUT2D eigenvalue weighted by Crippen LogP contribution is -2.32. The number of aliphatic carboxylic acids is 1. The van der Waals surface area contributed by atoms with Crippen LogP contribution in [0.1, 0.15) is 32.6 Å². The van der Waals surface area contributed by atoms with Crippen molar-refractivity contribution in [3.63, 3.8) is 0 Å². The first-order valence-corrected chi connectivity index (χ1v) is 5.43. The highest BCUT2D eigenvalue weighted by Crippen LogP contribution is 2.46. The Hall–Kier alpha value is -1.01. The van der Waals surface area contributed by atoms with Gasteiger partial charge >= 0.3 is 5.97 Å². The van der Waals surface area contributed by atoms with Crippen molar-refractivity contribution in [1.29, 1.82) is 0 Å². The van der Waals surface area contributed by atoms with E-state index in [2.05, 4.69) is 5.32 Å². The lowest BCUT2D eigenvalue weighted by Gasteiger charge is -2.26. The maximum absolute atomic E-state index is 10.9. The highest BCUT2D eigenvalue weighted by Gasteiger charge is 2.48. The van der Waals surface area contributed by atoms with E-state index in [1.165, 1.54) is 12.8 Å². The molecule has 0 aromatic rings. The minimum atomic E-state index is -0.609. The van der Waals surface area contributed by atoms with Crippen LogP contribution in [0, 0.1) is 23.7 Å². The van der Waals surface area contributed by atoms with Crippen LogP contribution in [0.2, 0.25) is 0 Å². The number of hydrogen-bond acceptors (Lipinski definition) is 2. The second-order valence-electron chi connectivity index (χ2n) is 4.34. The Bertz CT molecular complexity index is 256. The van der Waals surface area contributed by atoms with Gasteiger partial charge in [-0.15, -0.1) is 0 Å². The van der Waals surface area contributed by atoms with E-state index in [-0.39, 0.29) is 11.3 Å². The van der Waals surface area contributed by atoms with E-state index in [4.69, 9.17) is 11.5 Å². The topological polar surface area (TPSA) is 49.3 Å². The number of nitrogens with one attached hydrogen (secondary N) is 1. The monoisotopic (exact) mass is 208 g/mol. The summed E-state index contributed by atoms with van der Waals surface area (Å²) < 4.78 is 0. The van der Waals surface area contributed by atoms with Crippen molar-refractivity contribution in [2.24, 2.45) is 11.3 Å². The molecule has 0 aromatic carbocycles. The van der Waals surface area contributed by atoms with Crippen LogP contribution in [0.5, 0.6) is 0 Å². The quantitative estimate of drug-likeness (QED) is 0.506. The Morgan fingerprint density at radius 1 is 1.53 bits per heavy atom. The molecular formula is C12H18NO2-. The van der Waals surface area contributed by atoms with Crippen molar-refractivity contribution in [3.05, 3.63) is 6.42 Å². The van der Waals surface area contributed by atoms with Gasteiger partial charge in [0.05, 0.1) is 5.92 Å². The summed E-state index contributed by atoms with van der Waals surface area (Å²) in [6.07, 6.45) is 10.6. The van der Waals surface area contributed by atoms with Crippen LogP contribution in [-0.4, -0.2) is 24.2 Å². The zero-order chi connectivity index (χ0) is 11.3. The fraction of sp³-hybridized carbons (Fsp3) is 0.750. The minimum absolute atomic E-state index is 0.117. The van der Waals surface area contributed by atoms with Gasteiger partial charge < -0.3 is 22.8 Å². The van der Waals surface area contributed by atoms with E-state index in [1.807, 2.05) is 5.92 Å². The maximum Gasteiger partial charge on any atom is 0.308 e.